The second kappa shape index (κ2) is 15.9. The summed E-state index contributed by atoms with van der Waals surface area (Å²) in [6.07, 6.45) is 8.91. The monoisotopic (exact) mass is 573 g/mol. The standard InChI is InChI=1S/C34H40ClN3O3/c1-3-11-26-17-20-31(32(24-26)40-2)41-23-10-9-22-38-30-13-7-6-12-29(30)37-33(38)14-5-4-8-21-36-34(39)25-27-15-18-28(35)19-16-27/h3,6-7,12-13,15-20,24H,1,4-5,8-11,14,21-23,25H2,2H3,(H,36,39). The van der Waals surface area contributed by atoms with Crippen LogP contribution >= 0.6 is 11.6 Å². The van der Waals surface area contributed by atoms with Crippen molar-refractivity contribution in [3.63, 3.8) is 0 Å². The van der Waals surface area contributed by atoms with Crippen LogP contribution in [0.1, 0.15) is 49.1 Å². The van der Waals surface area contributed by atoms with Crippen LogP contribution in [-0.4, -0.2) is 35.7 Å². The molecule has 4 aromatic rings. The van der Waals surface area contributed by atoms with Crippen LogP contribution in [0.15, 0.2) is 79.4 Å². The molecule has 0 spiro atoms. The number of nitrogens with zero attached hydrogens (tertiary/aromatic N) is 2. The fourth-order valence-corrected chi connectivity index (χ4v) is 5.03. The molecule has 1 aromatic heterocycles. The van der Waals surface area contributed by atoms with Gasteiger partial charge in [-0.3, -0.25) is 4.79 Å². The maximum absolute atomic E-state index is 12.2. The Bertz CT molecular complexity index is 1410. The highest BCUT2D eigenvalue weighted by Gasteiger charge is 2.11. The summed E-state index contributed by atoms with van der Waals surface area (Å²) >= 11 is 5.92. The third-order valence-corrected chi connectivity index (χ3v) is 7.30. The van der Waals surface area contributed by atoms with E-state index in [-0.39, 0.29) is 5.91 Å². The lowest BCUT2D eigenvalue weighted by Gasteiger charge is -2.13. The van der Waals surface area contributed by atoms with Crippen LogP contribution in [0, 0.1) is 0 Å². The molecule has 41 heavy (non-hydrogen) atoms. The van der Waals surface area contributed by atoms with Gasteiger partial charge in [0.1, 0.15) is 5.82 Å². The summed E-state index contributed by atoms with van der Waals surface area (Å²) in [4.78, 5) is 17.2. The van der Waals surface area contributed by atoms with Gasteiger partial charge < -0.3 is 19.4 Å². The Balaban J connectivity index is 1.20. The first-order valence-electron chi connectivity index (χ1n) is 14.4. The van der Waals surface area contributed by atoms with Crippen LogP contribution in [0.3, 0.4) is 0 Å². The quantitative estimate of drug-likeness (QED) is 0.106. The number of hydrogen-bond donors (Lipinski definition) is 1. The summed E-state index contributed by atoms with van der Waals surface area (Å²) in [5.74, 6) is 2.70. The molecular formula is C34H40ClN3O3. The first-order chi connectivity index (χ1) is 20.1. The van der Waals surface area contributed by atoms with Crippen LogP contribution in [0.25, 0.3) is 11.0 Å². The van der Waals surface area contributed by atoms with Crippen molar-refractivity contribution in [2.24, 2.45) is 0 Å². The average molecular weight is 574 g/mol. The highest BCUT2D eigenvalue weighted by atomic mass is 35.5. The summed E-state index contributed by atoms with van der Waals surface area (Å²) in [6, 6.07) is 21.8. The normalized spacial score (nSPS) is 11.0. The molecule has 0 aliphatic rings. The van der Waals surface area contributed by atoms with Gasteiger partial charge in [0.05, 0.1) is 31.2 Å². The number of ether oxygens (including phenoxy) is 2. The number of halogens is 1. The van der Waals surface area contributed by atoms with E-state index in [2.05, 4.69) is 40.7 Å². The van der Waals surface area contributed by atoms with E-state index in [4.69, 9.17) is 26.1 Å². The van der Waals surface area contributed by atoms with Crippen LogP contribution in [-0.2, 0) is 30.6 Å². The minimum atomic E-state index is 0.0428. The van der Waals surface area contributed by atoms with Gasteiger partial charge in [0.15, 0.2) is 11.5 Å². The van der Waals surface area contributed by atoms with Crippen LogP contribution in [0.2, 0.25) is 5.02 Å². The van der Waals surface area contributed by atoms with E-state index in [1.807, 2.05) is 48.5 Å². The first kappa shape index (κ1) is 30.2. The van der Waals surface area contributed by atoms with Gasteiger partial charge in [0.25, 0.3) is 0 Å². The van der Waals surface area contributed by atoms with Gasteiger partial charge in [-0.2, -0.15) is 0 Å². The lowest BCUT2D eigenvalue weighted by atomic mass is 10.1. The highest BCUT2D eigenvalue weighted by molar-refractivity contribution is 6.30. The largest absolute Gasteiger partial charge is 0.493 e. The number of hydrogen-bond acceptors (Lipinski definition) is 4. The van der Waals surface area contributed by atoms with Gasteiger partial charge in [0.2, 0.25) is 5.91 Å². The van der Waals surface area contributed by atoms with Crippen molar-refractivity contribution < 1.29 is 14.3 Å². The Hall–Kier alpha value is -3.77. The SMILES string of the molecule is C=CCc1ccc(OCCCCn2c(CCCCCNC(=O)Cc3ccc(Cl)cc3)nc3ccccc32)c(OC)c1. The van der Waals surface area contributed by atoms with E-state index in [9.17, 15) is 4.79 Å². The van der Waals surface area contributed by atoms with Gasteiger partial charge in [-0.15, -0.1) is 6.58 Å². The predicted octanol–water partition coefficient (Wildman–Crippen LogP) is 7.36. The number of aryl methyl sites for hydroxylation is 2. The van der Waals surface area contributed by atoms with Crippen LogP contribution < -0.4 is 14.8 Å². The fraction of sp³-hybridized carbons (Fsp3) is 0.353. The molecule has 0 bridgehead atoms. The summed E-state index contributed by atoms with van der Waals surface area (Å²) in [5.41, 5.74) is 4.34. The average Bonchev–Trinajstić information content (AvgIpc) is 3.33. The number of benzene rings is 3. The summed E-state index contributed by atoms with van der Waals surface area (Å²) in [5, 5.41) is 3.71. The Labute approximate surface area is 248 Å². The second-order valence-electron chi connectivity index (χ2n) is 10.2. The molecule has 1 amide bonds. The molecule has 3 aromatic carbocycles. The zero-order valence-corrected chi connectivity index (χ0v) is 24.7. The van der Waals surface area contributed by atoms with E-state index < -0.39 is 0 Å². The van der Waals surface area contributed by atoms with Crippen LogP contribution in [0.5, 0.6) is 11.5 Å². The number of aromatic nitrogens is 2. The van der Waals surface area contributed by atoms with Gasteiger partial charge in [0, 0.05) is 24.5 Å². The zero-order valence-electron chi connectivity index (χ0n) is 23.9. The van der Waals surface area contributed by atoms with E-state index in [1.165, 1.54) is 5.52 Å². The fourth-order valence-electron chi connectivity index (χ4n) is 4.91. The lowest BCUT2D eigenvalue weighted by molar-refractivity contribution is -0.120. The number of imidazole rings is 1. The molecule has 6 nitrogen and oxygen atoms in total. The molecule has 0 saturated heterocycles. The Morgan fingerprint density at radius 2 is 1.78 bits per heavy atom. The van der Waals surface area contributed by atoms with Crippen molar-refractivity contribution in [3.05, 3.63) is 101 Å². The van der Waals surface area contributed by atoms with Crippen molar-refractivity contribution in [2.45, 2.75) is 57.9 Å². The number of fused-ring (bicyclic) bond motifs is 1. The van der Waals surface area contributed by atoms with Crippen molar-refractivity contribution in [1.29, 1.82) is 0 Å². The first-order valence-corrected chi connectivity index (χ1v) is 14.8. The number of para-hydroxylation sites is 2. The molecule has 0 saturated carbocycles. The molecule has 0 aliphatic carbocycles. The van der Waals surface area contributed by atoms with Crippen molar-refractivity contribution in [2.75, 3.05) is 20.3 Å². The highest BCUT2D eigenvalue weighted by Crippen LogP contribution is 2.28. The number of unbranched alkanes of at least 4 members (excludes halogenated alkanes) is 3. The summed E-state index contributed by atoms with van der Waals surface area (Å²) in [7, 11) is 1.67. The molecule has 0 aliphatic heterocycles. The lowest BCUT2D eigenvalue weighted by Crippen LogP contribution is -2.26. The molecule has 4 rings (SSSR count). The number of allylic oxidation sites excluding steroid dienone is 1. The van der Waals surface area contributed by atoms with Crippen molar-refractivity contribution in [1.82, 2.24) is 14.9 Å². The zero-order chi connectivity index (χ0) is 28.9. The molecule has 7 heteroatoms. The molecule has 0 unspecified atom stereocenters. The Morgan fingerprint density at radius 3 is 2.59 bits per heavy atom. The number of carbonyl (C=O) groups is 1. The third kappa shape index (κ3) is 9.12. The second-order valence-corrected chi connectivity index (χ2v) is 10.6. The predicted molar refractivity (Wildman–Crippen MR) is 167 cm³/mol. The number of amides is 1. The molecule has 1 N–H and O–H groups in total. The maximum Gasteiger partial charge on any atom is 0.224 e. The van der Waals surface area contributed by atoms with Crippen molar-refractivity contribution in [3.8, 4) is 11.5 Å². The summed E-state index contributed by atoms with van der Waals surface area (Å²) in [6.45, 7) is 6.01. The Kier molecular flexibility index (Phi) is 11.7. The molecule has 0 atom stereocenters. The van der Waals surface area contributed by atoms with E-state index in [0.29, 0.717) is 24.6 Å². The summed E-state index contributed by atoms with van der Waals surface area (Å²) < 4.78 is 13.9. The van der Waals surface area contributed by atoms with E-state index in [1.54, 1.807) is 7.11 Å². The van der Waals surface area contributed by atoms with Crippen LogP contribution in [0.4, 0.5) is 0 Å². The van der Waals surface area contributed by atoms with E-state index in [0.717, 1.165) is 85.5 Å². The molecule has 0 fully saturated rings. The van der Waals surface area contributed by atoms with Gasteiger partial charge in [-0.25, -0.2) is 4.98 Å². The third-order valence-electron chi connectivity index (χ3n) is 7.05. The molecular weight excluding hydrogens is 534 g/mol. The van der Waals surface area contributed by atoms with Gasteiger partial charge in [-0.05, 0) is 79.6 Å². The topological polar surface area (TPSA) is 65.4 Å². The molecule has 216 valence electrons. The smallest absolute Gasteiger partial charge is 0.224 e. The number of carbonyl (C=O) groups excluding carboxylic acids is 1. The molecule has 0 radical (unpaired) electrons. The van der Waals surface area contributed by atoms with Gasteiger partial charge >= 0.3 is 0 Å². The number of methoxy groups -OCH3 is 1. The minimum absolute atomic E-state index is 0.0428. The Morgan fingerprint density at radius 1 is 0.976 bits per heavy atom. The van der Waals surface area contributed by atoms with E-state index >= 15 is 0 Å². The van der Waals surface area contributed by atoms with Gasteiger partial charge in [-0.1, -0.05) is 54.4 Å². The minimum Gasteiger partial charge on any atom is -0.493 e. The number of nitrogens with one attached hydrogen (secondary N) is 1. The molecule has 1 heterocycles. The maximum atomic E-state index is 12.2. The number of rotatable bonds is 17. The van der Waals surface area contributed by atoms with Crippen molar-refractivity contribution >= 4 is 28.5 Å².